The van der Waals surface area contributed by atoms with E-state index in [0.29, 0.717) is 0 Å². The lowest BCUT2D eigenvalue weighted by Crippen LogP contribution is -1.96. The first-order chi connectivity index (χ1) is 12.9. The highest BCUT2D eigenvalue weighted by Gasteiger charge is 2.17. The molecule has 0 radical (unpaired) electrons. The van der Waals surface area contributed by atoms with E-state index in [0.717, 1.165) is 33.3 Å². The van der Waals surface area contributed by atoms with Gasteiger partial charge in [-0.25, -0.2) is 0 Å². The number of aromatic nitrogens is 4. The molecule has 0 bridgehead atoms. The van der Waals surface area contributed by atoms with Gasteiger partial charge in [-0.15, -0.1) is 5.10 Å². The average Bonchev–Trinajstić information content (AvgIpc) is 3.24. The summed E-state index contributed by atoms with van der Waals surface area (Å²) in [5.74, 6) is 0. The Kier molecular flexibility index (Phi) is 2.58. The van der Waals surface area contributed by atoms with Gasteiger partial charge in [0.1, 0.15) is 0 Å². The van der Waals surface area contributed by atoms with Gasteiger partial charge in [-0.05, 0) is 24.3 Å². The van der Waals surface area contributed by atoms with Crippen LogP contribution in [0.5, 0.6) is 0 Å². The molecule has 0 atom stereocenters. The summed E-state index contributed by atoms with van der Waals surface area (Å²) in [6.07, 6.45) is 1.76. The van der Waals surface area contributed by atoms with Crippen molar-refractivity contribution in [3.05, 3.63) is 79.0 Å². The van der Waals surface area contributed by atoms with Crippen molar-refractivity contribution in [1.82, 2.24) is 19.7 Å². The lowest BCUT2D eigenvalue weighted by atomic mass is 10.1. The van der Waals surface area contributed by atoms with E-state index >= 15 is 0 Å². The van der Waals surface area contributed by atoms with E-state index in [9.17, 15) is 0 Å². The largest absolute Gasteiger partial charge is 0.353 e. The Morgan fingerprint density at radius 1 is 0.692 bits per heavy atom. The van der Waals surface area contributed by atoms with E-state index in [2.05, 4.69) is 80.4 Å². The van der Waals surface area contributed by atoms with Crippen LogP contribution in [0.3, 0.4) is 0 Å². The van der Waals surface area contributed by atoms with Gasteiger partial charge in [0.05, 0.1) is 17.2 Å². The number of aromatic amines is 1. The monoisotopic (exact) mass is 334 g/mol. The smallest absolute Gasteiger partial charge is 0.168 e. The highest BCUT2D eigenvalue weighted by molar-refractivity contribution is 6.22. The Hall–Kier alpha value is -3.66. The molecule has 3 heterocycles. The average molecular weight is 334 g/mol. The van der Waals surface area contributed by atoms with Gasteiger partial charge in [-0.3, -0.25) is 4.57 Å². The van der Waals surface area contributed by atoms with Crippen LogP contribution in [-0.2, 0) is 0 Å². The SMILES string of the molecule is c1ccc(-n2c3nnccc3c3ccc4c5ccccc5[nH]c4c32)cc1. The molecule has 0 saturated heterocycles. The summed E-state index contributed by atoms with van der Waals surface area (Å²) >= 11 is 0. The Labute approximate surface area is 148 Å². The fourth-order valence-corrected chi connectivity index (χ4v) is 3.99. The van der Waals surface area contributed by atoms with Gasteiger partial charge in [0, 0.05) is 32.7 Å². The maximum absolute atomic E-state index is 4.45. The van der Waals surface area contributed by atoms with Crippen molar-refractivity contribution in [2.75, 3.05) is 0 Å². The third-order valence-electron chi connectivity index (χ3n) is 5.10. The first-order valence-corrected chi connectivity index (χ1v) is 8.62. The Morgan fingerprint density at radius 3 is 2.42 bits per heavy atom. The Morgan fingerprint density at radius 2 is 1.50 bits per heavy atom. The van der Waals surface area contributed by atoms with Crippen LogP contribution in [0, 0.1) is 0 Å². The lowest BCUT2D eigenvalue weighted by Gasteiger charge is -2.07. The highest BCUT2D eigenvalue weighted by atomic mass is 15.2. The number of hydrogen-bond donors (Lipinski definition) is 1. The van der Waals surface area contributed by atoms with Crippen molar-refractivity contribution in [2.45, 2.75) is 0 Å². The quantitative estimate of drug-likeness (QED) is 0.449. The molecule has 0 saturated carbocycles. The van der Waals surface area contributed by atoms with Crippen molar-refractivity contribution < 1.29 is 0 Å². The number of para-hydroxylation sites is 2. The minimum absolute atomic E-state index is 0.875. The fourth-order valence-electron chi connectivity index (χ4n) is 3.99. The molecule has 4 heteroatoms. The third-order valence-corrected chi connectivity index (χ3v) is 5.10. The number of H-pyrrole nitrogens is 1. The van der Waals surface area contributed by atoms with Gasteiger partial charge < -0.3 is 4.98 Å². The van der Waals surface area contributed by atoms with Crippen molar-refractivity contribution >= 4 is 43.7 Å². The second-order valence-corrected chi connectivity index (χ2v) is 6.49. The van der Waals surface area contributed by atoms with Crippen molar-refractivity contribution in [2.24, 2.45) is 0 Å². The summed E-state index contributed by atoms with van der Waals surface area (Å²) in [5, 5.41) is 13.3. The summed E-state index contributed by atoms with van der Waals surface area (Å²) in [6.45, 7) is 0. The van der Waals surface area contributed by atoms with Crippen LogP contribution in [0.4, 0.5) is 0 Å². The Bertz CT molecular complexity index is 1420. The lowest BCUT2D eigenvalue weighted by molar-refractivity contribution is 1.02. The number of hydrogen-bond acceptors (Lipinski definition) is 2. The molecule has 122 valence electrons. The second kappa shape index (κ2) is 4.92. The maximum atomic E-state index is 4.45. The van der Waals surface area contributed by atoms with Crippen LogP contribution in [-0.4, -0.2) is 19.7 Å². The zero-order chi connectivity index (χ0) is 17.1. The molecule has 6 aromatic rings. The van der Waals surface area contributed by atoms with Crippen LogP contribution in [0.1, 0.15) is 0 Å². The molecule has 3 aromatic heterocycles. The number of rotatable bonds is 1. The summed E-state index contributed by atoms with van der Waals surface area (Å²) < 4.78 is 2.20. The number of nitrogens with one attached hydrogen (secondary N) is 1. The predicted molar refractivity (Wildman–Crippen MR) is 106 cm³/mol. The topological polar surface area (TPSA) is 46.5 Å². The molecule has 4 nitrogen and oxygen atoms in total. The van der Waals surface area contributed by atoms with Crippen LogP contribution in [0.2, 0.25) is 0 Å². The molecule has 0 unspecified atom stereocenters. The number of benzene rings is 3. The van der Waals surface area contributed by atoms with Crippen molar-refractivity contribution in [3.8, 4) is 5.69 Å². The molecular weight excluding hydrogens is 320 g/mol. The molecule has 3 aromatic carbocycles. The molecule has 0 fully saturated rings. The van der Waals surface area contributed by atoms with Gasteiger partial charge in [0.25, 0.3) is 0 Å². The van der Waals surface area contributed by atoms with E-state index in [1.54, 1.807) is 6.20 Å². The number of fused-ring (bicyclic) bond motifs is 7. The van der Waals surface area contributed by atoms with Crippen molar-refractivity contribution in [1.29, 1.82) is 0 Å². The highest BCUT2D eigenvalue weighted by Crippen LogP contribution is 2.37. The molecule has 0 amide bonds. The minimum Gasteiger partial charge on any atom is -0.353 e. The van der Waals surface area contributed by atoms with Gasteiger partial charge in [-0.2, -0.15) is 5.10 Å². The van der Waals surface area contributed by atoms with Gasteiger partial charge in [0.15, 0.2) is 5.65 Å². The second-order valence-electron chi connectivity index (χ2n) is 6.49. The molecule has 0 aliphatic rings. The molecule has 0 aliphatic heterocycles. The molecule has 1 N–H and O–H groups in total. The summed E-state index contributed by atoms with van der Waals surface area (Å²) in [6, 6.07) is 25.2. The van der Waals surface area contributed by atoms with Gasteiger partial charge >= 0.3 is 0 Å². The molecule has 6 rings (SSSR count). The predicted octanol–water partition coefficient (Wildman–Crippen LogP) is 5.21. The van der Waals surface area contributed by atoms with Gasteiger partial charge in [-0.1, -0.05) is 48.5 Å². The van der Waals surface area contributed by atoms with Crippen LogP contribution >= 0.6 is 0 Å². The normalized spacial score (nSPS) is 11.8. The molecule has 0 aliphatic carbocycles. The Balaban J connectivity index is 1.92. The van der Waals surface area contributed by atoms with E-state index in [-0.39, 0.29) is 0 Å². The first kappa shape index (κ1) is 13.6. The van der Waals surface area contributed by atoms with Crippen LogP contribution < -0.4 is 0 Å². The third kappa shape index (κ3) is 1.68. The molecular formula is C22H14N4. The van der Waals surface area contributed by atoms with E-state index in [1.807, 2.05) is 12.1 Å². The van der Waals surface area contributed by atoms with E-state index in [1.165, 1.54) is 16.2 Å². The molecule has 26 heavy (non-hydrogen) atoms. The van der Waals surface area contributed by atoms with E-state index in [4.69, 9.17) is 0 Å². The summed E-state index contributed by atoms with van der Waals surface area (Å²) in [4.78, 5) is 3.62. The van der Waals surface area contributed by atoms with Crippen LogP contribution in [0.15, 0.2) is 79.0 Å². The minimum atomic E-state index is 0.875. The molecule has 0 spiro atoms. The van der Waals surface area contributed by atoms with Crippen molar-refractivity contribution in [3.63, 3.8) is 0 Å². The summed E-state index contributed by atoms with van der Waals surface area (Å²) in [5.41, 5.74) is 5.37. The first-order valence-electron chi connectivity index (χ1n) is 8.62. The zero-order valence-corrected chi connectivity index (χ0v) is 13.8. The maximum Gasteiger partial charge on any atom is 0.168 e. The number of nitrogens with zero attached hydrogens (tertiary/aromatic N) is 3. The fraction of sp³-hybridized carbons (Fsp3) is 0. The summed E-state index contributed by atoms with van der Waals surface area (Å²) in [7, 11) is 0. The van der Waals surface area contributed by atoms with Gasteiger partial charge in [0.2, 0.25) is 0 Å². The zero-order valence-electron chi connectivity index (χ0n) is 13.8. The standard InChI is InChI=1S/C22H14N4/c1-2-6-14(7-3-1)26-21-17(18-12-13-23-25-22(18)26)11-10-16-15-8-4-5-9-19(15)24-20(16)21/h1-13,24H. The van der Waals surface area contributed by atoms with Crippen LogP contribution in [0.25, 0.3) is 49.4 Å². The van der Waals surface area contributed by atoms with E-state index < -0.39 is 0 Å².